The normalized spacial score (nSPS) is 32.1. The first-order chi connectivity index (χ1) is 16.1. The number of carbonyl (C=O) groups excluding carboxylic acids is 3. The number of halogens is 1. The summed E-state index contributed by atoms with van der Waals surface area (Å²) in [5, 5.41) is 15.2. The standard InChI is InChI=1S/C25H34BrN3O4S/c1-24(2,3)28-22(32)20-25-14-16(26)19(34-25)17(21(31)27-15-10-6-4-7-11-15)18(25)23(33)29(20)12-8-5-9-13-30/h4,6-7,10-11,16-20,30H,5,8-9,12-14H2,1-3H3,(H,27,31)(H,28,32)/t16?,17-,18+,19-,20?,25?/m1/s1. The van der Waals surface area contributed by atoms with Gasteiger partial charge in [-0.1, -0.05) is 34.1 Å². The summed E-state index contributed by atoms with van der Waals surface area (Å²) in [4.78, 5) is 42.8. The molecule has 2 bridgehead atoms. The monoisotopic (exact) mass is 551 g/mol. The number of hydrogen-bond donors (Lipinski definition) is 3. The van der Waals surface area contributed by atoms with Crippen LogP contribution in [-0.2, 0) is 14.4 Å². The topological polar surface area (TPSA) is 98.7 Å². The Morgan fingerprint density at radius 1 is 1.18 bits per heavy atom. The first-order valence-corrected chi connectivity index (χ1v) is 13.8. The molecule has 9 heteroatoms. The second kappa shape index (κ2) is 9.82. The Hall–Kier alpha value is -1.58. The van der Waals surface area contributed by atoms with Crippen molar-refractivity contribution in [3.63, 3.8) is 0 Å². The molecule has 3 N–H and O–H groups in total. The van der Waals surface area contributed by atoms with Crippen molar-refractivity contribution in [2.45, 2.75) is 72.9 Å². The van der Waals surface area contributed by atoms with Gasteiger partial charge in [-0.25, -0.2) is 0 Å². The number of anilines is 1. The van der Waals surface area contributed by atoms with Crippen molar-refractivity contribution in [1.82, 2.24) is 10.2 Å². The Labute approximate surface area is 213 Å². The number of thioether (sulfide) groups is 1. The van der Waals surface area contributed by atoms with Crippen LogP contribution in [-0.4, -0.2) is 67.3 Å². The Balaban J connectivity index is 1.66. The van der Waals surface area contributed by atoms with Crippen LogP contribution in [0.1, 0.15) is 46.5 Å². The van der Waals surface area contributed by atoms with Gasteiger partial charge in [0.1, 0.15) is 6.04 Å². The van der Waals surface area contributed by atoms with Gasteiger partial charge in [-0.05, 0) is 58.6 Å². The summed E-state index contributed by atoms with van der Waals surface area (Å²) in [5.41, 5.74) is 0.269. The number of para-hydroxylation sites is 1. The van der Waals surface area contributed by atoms with E-state index in [1.807, 2.05) is 51.1 Å². The number of likely N-dealkylation sites (tertiary alicyclic amines) is 1. The molecule has 3 saturated heterocycles. The van der Waals surface area contributed by atoms with Crippen molar-refractivity contribution in [2.24, 2.45) is 11.8 Å². The largest absolute Gasteiger partial charge is 0.396 e. The van der Waals surface area contributed by atoms with Gasteiger partial charge in [0.15, 0.2) is 0 Å². The Morgan fingerprint density at radius 2 is 1.88 bits per heavy atom. The van der Waals surface area contributed by atoms with E-state index < -0.39 is 28.2 Å². The molecule has 3 heterocycles. The molecule has 3 aliphatic rings. The average molecular weight is 553 g/mol. The van der Waals surface area contributed by atoms with Crippen LogP contribution in [0.3, 0.4) is 0 Å². The number of benzene rings is 1. The van der Waals surface area contributed by atoms with Gasteiger partial charge < -0.3 is 20.6 Å². The molecule has 0 saturated carbocycles. The minimum atomic E-state index is -0.638. The second-order valence-electron chi connectivity index (χ2n) is 10.6. The number of hydrogen-bond acceptors (Lipinski definition) is 5. The van der Waals surface area contributed by atoms with Gasteiger partial charge in [-0.15, -0.1) is 11.8 Å². The molecule has 0 aromatic heterocycles. The molecule has 34 heavy (non-hydrogen) atoms. The molecule has 0 aliphatic carbocycles. The minimum Gasteiger partial charge on any atom is -0.396 e. The van der Waals surface area contributed by atoms with Crippen molar-refractivity contribution in [2.75, 3.05) is 18.5 Å². The molecule has 3 amide bonds. The maximum absolute atomic E-state index is 13.9. The molecule has 3 fully saturated rings. The molecule has 1 aromatic carbocycles. The summed E-state index contributed by atoms with van der Waals surface area (Å²) in [7, 11) is 0. The number of aliphatic hydroxyl groups excluding tert-OH is 1. The molecule has 0 radical (unpaired) electrons. The van der Waals surface area contributed by atoms with Gasteiger partial charge in [-0.3, -0.25) is 14.4 Å². The molecule has 3 unspecified atom stereocenters. The summed E-state index contributed by atoms with van der Waals surface area (Å²) in [6.45, 7) is 6.37. The van der Waals surface area contributed by atoms with E-state index in [1.54, 1.807) is 16.7 Å². The zero-order valence-corrected chi connectivity index (χ0v) is 22.3. The molecular weight excluding hydrogens is 518 g/mol. The third-order valence-corrected chi connectivity index (χ3v) is 10.2. The highest BCUT2D eigenvalue weighted by Crippen LogP contribution is 2.67. The van der Waals surface area contributed by atoms with Crippen molar-refractivity contribution in [1.29, 1.82) is 0 Å². The molecule has 3 aliphatic heterocycles. The quantitative estimate of drug-likeness (QED) is 0.340. The van der Waals surface area contributed by atoms with Gasteiger partial charge >= 0.3 is 0 Å². The third kappa shape index (κ3) is 4.63. The summed E-state index contributed by atoms with van der Waals surface area (Å²) in [6, 6.07) is 8.67. The number of unbranched alkanes of at least 4 members (excludes halogenated alkanes) is 2. The summed E-state index contributed by atoms with van der Waals surface area (Å²) in [5.74, 6) is -1.45. The Kier molecular flexibility index (Phi) is 7.37. The van der Waals surface area contributed by atoms with Crippen LogP contribution in [0.4, 0.5) is 5.69 Å². The smallest absolute Gasteiger partial charge is 0.244 e. The zero-order valence-electron chi connectivity index (χ0n) is 19.9. The van der Waals surface area contributed by atoms with Crippen LogP contribution < -0.4 is 10.6 Å². The maximum Gasteiger partial charge on any atom is 0.244 e. The zero-order chi connectivity index (χ0) is 24.7. The van der Waals surface area contributed by atoms with Gasteiger partial charge in [-0.2, -0.15) is 0 Å². The fourth-order valence-electron chi connectivity index (χ4n) is 5.73. The van der Waals surface area contributed by atoms with E-state index in [1.165, 1.54) is 0 Å². The first kappa shape index (κ1) is 25.5. The van der Waals surface area contributed by atoms with Crippen LogP contribution in [0.25, 0.3) is 0 Å². The molecule has 186 valence electrons. The Morgan fingerprint density at radius 3 is 2.53 bits per heavy atom. The fourth-order valence-corrected chi connectivity index (χ4v) is 9.34. The first-order valence-electron chi connectivity index (χ1n) is 12.0. The van der Waals surface area contributed by atoms with E-state index in [4.69, 9.17) is 5.11 Å². The minimum absolute atomic E-state index is 0.0485. The number of carbonyl (C=O) groups is 3. The number of nitrogens with zero attached hydrogens (tertiary/aromatic N) is 1. The van der Waals surface area contributed by atoms with E-state index in [0.717, 1.165) is 6.42 Å². The molecular formula is C25H34BrN3O4S. The summed E-state index contributed by atoms with van der Waals surface area (Å²) in [6.07, 6.45) is 2.82. The summed E-state index contributed by atoms with van der Waals surface area (Å²) >= 11 is 5.43. The van der Waals surface area contributed by atoms with Gasteiger partial charge in [0.05, 0.1) is 16.6 Å². The molecule has 6 atom stereocenters. The second-order valence-corrected chi connectivity index (χ2v) is 13.3. The Bertz CT molecular complexity index is 940. The van der Waals surface area contributed by atoms with Gasteiger partial charge in [0.2, 0.25) is 17.7 Å². The predicted molar refractivity (Wildman–Crippen MR) is 138 cm³/mol. The van der Waals surface area contributed by atoms with Crippen LogP contribution in [0, 0.1) is 11.8 Å². The molecule has 7 nitrogen and oxygen atoms in total. The number of alkyl halides is 1. The third-order valence-electron chi connectivity index (χ3n) is 6.94. The maximum atomic E-state index is 13.9. The highest BCUT2D eigenvalue weighted by molar-refractivity contribution is 9.09. The highest BCUT2D eigenvalue weighted by Gasteiger charge is 2.75. The van der Waals surface area contributed by atoms with Crippen molar-refractivity contribution in [3.05, 3.63) is 30.3 Å². The van der Waals surface area contributed by atoms with Gasteiger partial charge in [0, 0.05) is 34.5 Å². The summed E-state index contributed by atoms with van der Waals surface area (Å²) < 4.78 is -0.638. The lowest BCUT2D eigenvalue weighted by molar-refractivity contribution is -0.139. The van der Waals surface area contributed by atoms with E-state index in [9.17, 15) is 14.4 Å². The molecule has 4 rings (SSSR count). The number of nitrogens with one attached hydrogen (secondary N) is 2. The van der Waals surface area contributed by atoms with E-state index in [-0.39, 0.29) is 34.4 Å². The van der Waals surface area contributed by atoms with Crippen LogP contribution in [0.5, 0.6) is 0 Å². The van der Waals surface area contributed by atoms with E-state index >= 15 is 0 Å². The molecule has 1 spiro atoms. The van der Waals surface area contributed by atoms with Crippen molar-refractivity contribution < 1.29 is 19.5 Å². The highest BCUT2D eigenvalue weighted by atomic mass is 79.9. The number of rotatable bonds is 8. The van der Waals surface area contributed by atoms with E-state index in [2.05, 4.69) is 26.6 Å². The lowest BCUT2D eigenvalue weighted by Crippen LogP contribution is -2.57. The number of aliphatic hydroxyl groups is 1. The van der Waals surface area contributed by atoms with Gasteiger partial charge in [0.25, 0.3) is 0 Å². The fraction of sp³-hybridized carbons (Fsp3) is 0.640. The average Bonchev–Trinajstić information content (AvgIpc) is 3.34. The van der Waals surface area contributed by atoms with Crippen molar-refractivity contribution in [3.8, 4) is 0 Å². The lowest BCUT2D eigenvalue weighted by atomic mass is 9.70. The molecule has 1 aromatic rings. The van der Waals surface area contributed by atoms with Crippen molar-refractivity contribution >= 4 is 51.1 Å². The lowest BCUT2D eigenvalue weighted by Gasteiger charge is -2.36. The van der Waals surface area contributed by atoms with Crippen LogP contribution in [0.15, 0.2) is 30.3 Å². The van der Waals surface area contributed by atoms with Crippen LogP contribution in [0.2, 0.25) is 0 Å². The van der Waals surface area contributed by atoms with E-state index in [0.29, 0.717) is 31.5 Å². The SMILES string of the molecule is CC(C)(C)NC(=O)C1N(CCCCCO)C(=O)[C@@H]2[C@@H](C(=O)Nc3ccccc3)[C@@H]3SC12CC3Br. The van der Waals surface area contributed by atoms with Crippen LogP contribution >= 0.6 is 27.7 Å². The predicted octanol–water partition coefficient (Wildman–Crippen LogP) is 3.17. The number of amides is 3. The number of fused-ring (bicyclic) bond motifs is 1.